The summed E-state index contributed by atoms with van der Waals surface area (Å²) in [5, 5.41) is 6.22. The molecule has 2 rings (SSSR count). The van der Waals surface area contributed by atoms with Crippen molar-refractivity contribution in [3.05, 3.63) is 30.3 Å². The number of hydrogen-bond acceptors (Lipinski definition) is 3. The van der Waals surface area contributed by atoms with Gasteiger partial charge >= 0.3 is 0 Å². The van der Waals surface area contributed by atoms with Gasteiger partial charge < -0.3 is 10.6 Å². The fourth-order valence-corrected chi connectivity index (χ4v) is 4.07. The van der Waals surface area contributed by atoms with Gasteiger partial charge in [-0.15, -0.1) is 24.2 Å². The van der Waals surface area contributed by atoms with Crippen LogP contribution in [-0.4, -0.2) is 30.8 Å². The summed E-state index contributed by atoms with van der Waals surface area (Å²) in [5.41, 5.74) is 0. The molecular formula is C16H25ClN2OS. The Morgan fingerprint density at radius 1 is 1.19 bits per heavy atom. The van der Waals surface area contributed by atoms with Gasteiger partial charge in [0.1, 0.15) is 0 Å². The zero-order valence-corrected chi connectivity index (χ0v) is 14.2. The maximum Gasteiger partial charge on any atom is 0.236 e. The van der Waals surface area contributed by atoms with E-state index in [0.29, 0.717) is 0 Å². The molecule has 0 unspecified atom stereocenters. The molecule has 1 saturated carbocycles. The molecule has 0 aliphatic heterocycles. The predicted octanol–water partition coefficient (Wildman–Crippen LogP) is 3.24. The van der Waals surface area contributed by atoms with Crippen LogP contribution in [0.25, 0.3) is 0 Å². The number of carbonyl (C=O) groups excluding carboxylic acids is 1. The summed E-state index contributed by atoms with van der Waals surface area (Å²) in [5.74, 6) is 0.222. The van der Waals surface area contributed by atoms with Gasteiger partial charge in [0.25, 0.3) is 0 Å². The number of hydrogen-bond donors (Lipinski definition) is 2. The van der Waals surface area contributed by atoms with Crippen molar-refractivity contribution in [2.45, 2.75) is 41.7 Å². The summed E-state index contributed by atoms with van der Waals surface area (Å²) >= 11 is 1.74. The molecule has 118 valence electrons. The molecule has 0 spiro atoms. The van der Waals surface area contributed by atoms with E-state index in [9.17, 15) is 4.79 Å². The first-order chi connectivity index (χ1) is 9.77. The molecule has 0 heterocycles. The summed E-state index contributed by atoms with van der Waals surface area (Å²) in [7, 11) is 1.94. The maximum atomic E-state index is 12.6. The van der Waals surface area contributed by atoms with Crippen molar-refractivity contribution in [1.29, 1.82) is 0 Å². The third-order valence-corrected chi connectivity index (χ3v) is 5.26. The van der Waals surface area contributed by atoms with Gasteiger partial charge in [0.05, 0.1) is 4.75 Å². The number of halogens is 1. The van der Waals surface area contributed by atoms with E-state index in [1.807, 2.05) is 25.2 Å². The highest BCUT2D eigenvalue weighted by Crippen LogP contribution is 2.45. The highest BCUT2D eigenvalue weighted by atomic mass is 35.5. The molecule has 3 nitrogen and oxygen atoms in total. The Balaban J connectivity index is 0.00000220. The van der Waals surface area contributed by atoms with Crippen LogP contribution < -0.4 is 10.6 Å². The SMILES string of the molecule is CNCCCNC(=O)C1(Sc2ccccc2)CCCC1.Cl. The molecule has 1 aromatic rings. The fourth-order valence-electron chi connectivity index (χ4n) is 2.66. The van der Waals surface area contributed by atoms with Gasteiger partial charge in [0.2, 0.25) is 5.91 Å². The van der Waals surface area contributed by atoms with Crippen LogP contribution in [0.5, 0.6) is 0 Å². The van der Waals surface area contributed by atoms with Crippen LogP contribution in [0, 0.1) is 0 Å². The summed E-state index contributed by atoms with van der Waals surface area (Å²) in [6.45, 7) is 1.70. The first-order valence-corrected chi connectivity index (χ1v) is 8.25. The van der Waals surface area contributed by atoms with Crippen molar-refractivity contribution in [2.75, 3.05) is 20.1 Å². The summed E-state index contributed by atoms with van der Waals surface area (Å²) in [6.07, 6.45) is 5.27. The number of rotatable bonds is 7. The Hall–Kier alpha value is -0.710. The van der Waals surface area contributed by atoms with E-state index in [-0.39, 0.29) is 23.1 Å². The van der Waals surface area contributed by atoms with Crippen molar-refractivity contribution in [3.63, 3.8) is 0 Å². The van der Waals surface area contributed by atoms with Crippen molar-refractivity contribution >= 4 is 30.1 Å². The molecule has 0 aromatic heterocycles. The maximum absolute atomic E-state index is 12.6. The molecule has 2 N–H and O–H groups in total. The molecule has 0 radical (unpaired) electrons. The minimum atomic E-state index is -0.249. The monoisotopic (exact) mass is 328 g/mol. The van der Waals surface area contributed by atoms with Crippen molar-refractivity contribution in [3.8, 4) is 0 Å². The smallest absolute Gasteiger partial charge is 0.236 e. The average Bonchev–Trinajstić information content (AvgIpc) is 2.94. The molecule has 1 aliphatic carbocycles. The first-order valence-electron chi connectivity index (χ1n) is 7.44. The Morgan fingerprint density at radius 2 is 1.86 bits per heavy atom. The minimum Gasteiger partial charge on any atom is -0.355 e. The largest absolute Gasteiger partial charge is 0.355 e. The molecule has 0 bridgehead atoms. The van der Waals surface area contributed by atoms with Crippen LogP contribution in [0.2, 0.25) is 0 Å². The van der Waals surface area contributed by atoms with E-state index >= 15 is 0 Å². The quantitative estimate of drug-likeness (QED) is 0.755. The Morgan fingerprint density at radius 3 is 2.48 bits per heavy atom. The van der Waals surface area contributed by atoms with Gasteiger partial charge in [-0.1, -0.05) is 31.0 Å². The van der Waals surface area contributed by atoms with E-state index in [2.05, 4.69) is 22.8 Å². The summed E-state index contributed by atoms with van der Waals surface area (Å²) in [6, 6.07) is 10.3. The Kier molecular flexibility index (Phi) is 8.15. The number of thioether (sulfide) groups is 1. The van der Waals surface area contributed by atoms with Gasteiger partial charge in [-0.3, -0.25) is 4.79 Å². The second-order valence-electron chi connectivity index (χ2n) is 5.33. The lowest BCUT2D eigenvalue weighted by molar-refractivity contribution is -0.123. The topological polar surface area (TPSA) is 41.1 Å². The van der Waals surface area contributed by atoms with Crippen LogP contribution in [0.15, 0.2) is 35.2 Å². The highest BCUT2D eigenvalue weighted by molar-refractivity contribution is 8.01. The standard InChI is InChI=1S/C16H24N2OS.ClH/c1-17-12-7-13-18-15(19)16(10-5-6-11-16)20-14-8-3-2-4-9-14;/h2-4,8-9,17H,5-7,10-13H2,1H3,(H,18,19);1H. The second kappa shape index (κ2) is 9.34. The van der Waals surface area contributed by atoms with Gasteiger partial charge in [0.15, 0.2) is 0 Å². The minimum absolute atomic E-state index is 0. The third-order valence-electron chi connectivity index (χ3n) is 3.77. The van der Waals surface area contributed by atoms with Gasteiger partial charge in [-0.25, -0.2) is 0 Å². The molecule has 1 aromatic carbocycles. The molecule has 1 amide bonds. The predicted molar refractivity (Wildman–Crippen MR) is 92.3 cm³/mol. The van der Waals surface area contributed by atoms with Gasteiger partial charge in [0, 0.05) is 11.4 Å². The zero-order valence-electron chi connectivity index (χ0n) is 12.6. The van der Waals surface area contributed by atoms with Gasteiger partial charge in [-0.05, 0) is 45.0 Å². The number of amides is 1. The lowest BCUT2D eigenvalue weighted by Crippen LogP contribution is -2.43. The van der Waals surface area contributed by atoms with E-state index < -0.39 is 0 Å². The van der Waals surface area contributed by atoms with E-state index in [1.54, 1.807) is 11.8 Å². The van der Waals surface area contributed by atoms with Crippen LogP contribution in [0.1, 0.15) is 32.1 Å². The van der Waals surface area contributed by atoms with Crippen LogP contribution in [0.4, 0.5) is 0 Å². The van der Waals surface area contributed by atoms with Crippen LogP contribution in [-0.2, 0) is 4.79 Å². The summed E-state index contributed by atoms with van der Waals surface area (Å²) < 4.78 is -0.249. The molecular weight excluding hydrogens is 304 g/mol. The number of benzene rings is 1. The molecule has 0 saturated heterocycles. The van der Waals surface area contributed by atoms with E-state index in [0.717, 1.165) is 45.2 Å². The average molecular weight is 329 g/mol. The van der Waals surface area contributed by atoms with Crippen molar-refractivity contribution < 1.29 is 4.79 Å². The van der Waals surface area contributed by atoms with Crippen LogP contribution >= 0.6 is 24.2 Å². The lowest BCUT2D eigenvalue weighted by Gasteiger charge is -2.27. The number of nitrogens with one attached hydrogen (secondary N) is 2. The van der Waals surface area contributed by atoms with E-state index in [4.69, 9.17) is 0 Å². The van der Waals surface area contributed by atoms with Gasteiger partial charge in [-0.2, -0.15) is 0 Å². The lowest BCUT2D eigenvalue weighted by atomic mass is 10.1. The molecule has 21 heavy (non-hydrogen) atoms. The summed E-state index contributed by atoms with van der Waals surface area (Å²) in [4.78, 5) is 13.8. The highest BCUT2D eigenvalue weighted by Gasteiger charge is 2.41. The second-order valence-corrected chi connectivity index (χ2v) is 6.79. The van der Waals surface area contributed by atoms with E-state index in [1.165, 1.54) is 4.90 Å². The van der Waals surface area contributed by atoms with Crippen molar-refractivity contribution in [1.82, 2.24) is 10.6 Å². The normalized spacial score (nSPS) is 16.2. The molecule has 1 fully saturated rings. The Labute approximate surface area is 138 Å². The third kappa shape index (κ3) is 5.20. The molecule has 5 heteroatoms. The molecule has 1 aliphatic rings. The zero-order chi connectivity index (χ0) is 14.3. The molecule has 0 atom stereocenters. The van der Waals surface area contributed by atoms with Crippen LogP contribution in [0.3, 0.4) is 0 Å². The number of carbonyl (C=O) groups is 1. The first kappa shape index (κ1) is 18.3. The van der Waals surface area contributed by atoms with Crippen molar-refractivity contribution in [2.24, 2.45) is 0 Å². The Bertz CT molecular complexity index is 422. The fraction of sp³-hybridized carbons (Fsp3) is 0.562.